The minimum atomic E-state index is 0.925. The topological polar surface area (TPSA) is 38.7 Å². The summed E-state index contributed by atoms with van der Waals surface area (Å²) in [6.07, 6.45) is 7.23. The third-order valence-corrected chi connectivity index (χ3v) is 5.84. The Morgan fingerprint density at radius 2 is 0.906 bits per heavy atom. The van der Waals surface area contributed by atoms with Gasteiger partial charge in [0.1, 0.15) is 0 Å². The van der Waals surface area contributed by atoms with Gasteiger partial charge in [-0.15, -0.1) is 0 Å². The van der Waals surface area contributed by atoms with E-state index in [4.69, 9.17) is 4.98 Å². The van der Waals surface area contributed by atoms with Crippen LogP contribution in [0, 0.1) is 0 Å². The van der Waals surface area contributed by atoms with Gasteiger partial charge in [-0.2, -0.15) is 0 Å². The molecule has 3 nitrogen and oxygen atoms in total. The predicted molar refractivity (Wildman–Crippen MR) is 131 cm³/mol. The summed E-state index contributed by atoms with van der Waals surface area (Å²) in [5.74, 6) is 0. The fourth-order valence-electron chi connectivity index (χ4n) is 4.34. The molecular formula is C29H19N3. The molecule has 3 aromatic carbocycles. The van der Waals surface area contributed by atoms with Gasteiger partial charge in [-0.05, 0) is 75.1 Å². The summed E-state index contributed by atoms with van der Waals surface area (Å²) >= 11 is 0. The smallest absolute Gasteiger partial charge is 0.0716 e. The molecule has 6 aromatic rings. The molecule has 150 valence electrons. The van der Waals surface area contributed by atoms with Gasteiger partial charge >= 0.3 is 0 Å². The second kappa shape index (κ2) is 7.71. The third-order valence-electron chi connectivity index (χ3n) is 5.84. The van der Waals surface area contributed by atoms with E-state index in [9.17, 15) is 0 Å². The van der Waals surface area contributed by atoms with E-state index in [1.807, 2.05) is 49.1 Å². The molecule has 0 unspecified atom stereocenters. The van der Waals surface area contributed by atoms with Crippen LogP contribution in [0.1, 0.15) is 0 Å². The van der Waals surface area contributed by atoms with Crippen LogP contribution < -0.4 is 0 Å². The van der Waals surface area contributed by atoms with Gasteiger partial charge in [-0.3, -0.25) is 9.97 Å². The van der Waals surface area contributed by atoms with Crippen molar-refractivity contribution in [2.75, 3.05) is 0 Å². The maximum Gasteiger partial charge on any atom is 0.0716 e. The average molecular weight is 409 g/mol. The van der Waals surface area contributed by atoms with Crippen LogP contribution in [0.2, 0.25) is 0 Å². The van der Waals surface area contributed by atoms with Crippen LogP contribution in [0.15, 0.2) is 116 Å². The van der Waals surface area contributed by atoms with Gasteiger partial charge in [0.15, 0.2) is 0 Å². The van der Waals surface area contributed by atoms with Crippen molar-refractivity contribution in [3.8, 4) is 33.6 Å². The SMILES string of the molecule is c1ccc2c(-c3cc(-c4ccncc4)nc(-c4ccncc4)c3)c3ccccc3cc2c1. The Hall–Kier alpha value is -4.37. The van der Waals surface area contributed by atoms with E-state index in [1.54, 1.807) is 0 Å². The van der Waals surface area contributed by atoms with Crippen molar-refractivity contribution < 1.29 is 0 Å². The molecule has 3 heteroatoms. The Bertz CT molecular complexity index is 1450. The molecule has 0 aliphatic rings. The molecule has 0 spiro atoms. The molecule has 0 amide bonds. The number of pyridine rings is 3. The normalized spacial score (nSPS) is 11.1. The molecule has 3 aromatic heterocycles. The van der Waals surface area contributed by atoms with Crippen LogP contribution in [0.25, 0.3) is 55.2 Å². The molecule has 3 heterocycles. The molecule has 0 aliphatic carbocycles. The van der Waals surface area contributed by atoms with Crippen molar-refractivity contribution in [3.63, 3.8) is 0 Å². The van der Waals surface area contributed by atoms with E-state index in [1.165, 1.54) is 27.1 Å². The van der Waals surface area contributed by atoms with E-state index in [0.29, 0.717) is 0 Å². The van der Waals surface area contributed by atoms with Crippen molar-refractivity contribution in [2.24, 2.45) is 0 Å². The Morgan fingerprint density at radius 1 is 0.438 bits per heavy atom. The minimum Gasteiger partial charge on any atom is -0.265 e. The first-order valence-corrected chi connectivity index (χ1v) is 10.6. The Labute approximate surface area is 186 Å². The van der Waals surface area contributed by atoms with Crippen LogP contribution >= 0.6 is 0 Å². The lowest BCUT2D eigenvalue weighted by Crippen LogP contribution is -1.93. The highest BCUT2D eigenvalue weighted by molar-refractivity contribution is 6.13. The highest BCUT2D eigenvalue weighted by Gasteiger charge is 2.14. The summed E-state index contributed by atoms with van der Waals surface area (Å²) in [7, 11) is 0. The van der Waals surface area contributed by atoms with Crippen molar-refractivity contribution >= 4 is 21.5 Å². The second-order valence-corrected chi connectivity index (χ2v) is 7.79. The Balaban J connectivity index is 1.71. The first-order valence-electron chi connectivity index (χ1n) is 10.6. The van der Waals surface area contributed by atoms with Crippen LogP contribution in [0.4, 0.5) is 0 Å². The molecule has 0 saturated heterocycles. The van der Waals surface area contributed by atoms with Crippen LogP contribution in [-0.2, 0) is 0 Å². The van der Waals surface area contributed by atoms with E-state index < -0.39 is 0 Å². The summed E-state index contributed by atoms with van der Waals surface area (Å²) in [6, 6.07) is 31.8. The maximum absolute atomic E-state index is 5.00. The Morgan fingerprint density at radius 3 is 1.41 bits per heavy atom. The monoisotopic (exact) mass is 409 g/mol. The van der Waals surface area contributed by atoms with Crippen molar-refractivity contribution in [3.05, 3.63) is 116 Å². The molecular weight excluding hydrogens is 390 g/mol. The summed E-state index contributed by atoms with van der Waals surface area (Å²) < 4.78 is 0. The van der Waals surface area contributed by atoms with E-state index >= 15 is 0 Å². The molecule has 32 heavy (non-hydrogen) atoms. The molecule has 0 bridgehead atoms. The van der Waals surface area contributed by atoms with Gasteiger partial charge < -0.3 is 0 Å². The predicted octanol–water partition coefficient (Wildman–Crippen LogP) is 7.18. The number of benzene rings is 3. The molecule has 0 N–H and O–H groups in total. The van der Waals surface area contributed by atoms with Crippen molar-refractivity contribution in [2.45, 2.75) is 0 Å². The zero-order chi connectivity index (χ0) is 21.3. The lowest BCUT2D eigenvalue weighted by Gasteiger charge is -2.15. The van der Waals surface area contributed by atoms with Crippen molar-refractivity contribution in [1.82, 2.24) is 15.0 Å². The number of fused-ring (bicyclic) bond motifs is 2. The number of aromatic nitrogens is 3. The number of hydrogen-bond donors (Lipinski definition) is 0. The zero-order valence-corrected chi connectivity index (χ0v) is 17.3. The van der Waals surface area contributed by atoms with Crippen LogP contribution in [-0.4, -0.2) is 15.0 Å². The summed E-state index contributed by atoms with van der Waals surface area (Å²) in [6.45, 7) is 0. The molecule has 0 aliphatic heterocycles. The quantitative estimate of drug-likeness (QED) is 0.291. The second-order valence-electron chi connectivity index (χ2n) is 7.79. The van der Waals surface area contributed by atoms with Gasteiger partial charge in [0.05, 0.1) is 11.4 Å². The lowest BCUT2D eigenvalue weighted by atomic mass is 9.91. The fraction of sp³-hybridized carbons (Fsp3) is 0. The van der Waals surface area contributed by atoms with Crippen molar-refractivity contribution in [1.29, 1.82) is 0 Å². The lowest BCUT2D eigenvalue weighted by molar-refractivity contribution is 1.27. The average Bonchev–Trinajstić information content (AvgIpc) is 2.88. The van der Waals surface area contributed by atoms with Gasteiger partial charge in [-0.1, -0.05) is 48.5 Å². The van der Waals surface area contributed by atoms with Gasteiger partial charge in [0.2, 0.25) is 0 Å². The first-order chi connectivity index (χ1) is 15.9. The Kier molecular flexibility index (Phi) is 4.43. The molecule has 0 saturated carbocycles. The van der Waals surface area contributed by atoms with Gasteiger partial charge in [0, 0.05) is 35.9 Å². The minimum absolute atomic E-state index is 0.925. The molecule has 0 atom stereocenters. The molecule has 6 rings (SSSR count). The summed E-state index contributed by atoms with van der Waals surface area (Å²) in [5, 5.41) is 4.93. The number of hydrogen-bond acceptors (Lipinski definition) is 3. The van der Waals surface area contributed by atoms with Gasteiger partial charge in [0.25, 0.3) is 0 Å². The molecule has 0 radical (unpaired) electrons. The summed E-state index contributed by atoms with van der Waals surface area (Å²) in [5.41, 5.74) is 6.31. The van der Waals surface area contributed by atoms with Crippen LogP contribution in [0.5, 0.6) is 0 Å². The summed E-state index contributed by atoms with van der Waals surface area (Å²) in [4.78, 5) is 13.4. The third kappa shape index (κ3) is 3.21. The largest absolute Gasteiger partial charge is 0.265 e. The number of nitrogens with zero attached hydrogens (tertiary/aromatic N) is 3. The van der Waals surface area contributed by atoms with E-state index in [-0.39, 0.29) is 0 Å². The molecule has 0 fully saturated rings. The fourth-order valence-corrected chi connectivity index (χ4v) is 4.34. The highest BCUT2D eigenvalue weighted by Crippen LogP contribution is 2.39. The highest BCUT2D eigenvalue weighted by atomic mass is 14.7. The van der Waals surface area contributed by atoms with Crippen LogP contribution in [0.3, 0.4) is 0 Å². The van der Waals surface area contributed by atoms with E-state index in [0.717, 1.165) is 28.1 Å². The standard InChI is InChI=1S/C29H19N3/c1-3-7-25-22(5-1)17-23-6-2-4-8-26(23)29(25)24-18-27(20-9-13-30-14-10-20)32-28(19-24)21-11-15-31-16-12-21/h1-19H. The first kappa shape index (κ1) is 18.4. The number of rotatable bonds is 3. The zero-order valence-electron chi connectivity index (χ0n) is 17.3. The van der Waals surface area contributed by atoms with Gasteiger partial charge in [-0.25, -0.2) is 4.98 Å². The maximum atomic E-state index is 5.00. The van der Waals surface area contributed by atoms with E-state index in [2.05, 4.69) is 76.7 Å².